The molecule has 1 atom stereocenters. The molecular formula is C10H13NO. The van der Waals surface area contributed by atoms with E-state index in [4.69, 9.17) is 5.73 Å². The van der Waals surface area contributed by atoms with E-state index in [0.29, 0.717) is 0 Å². The summed E-state index contributed by atoms with van der Waals surface area (Å²) < 4.78 is 0. The van der Waals surface area contributed by atoms with E-state index in [1.54, 1.807) is 12.1 Å². The molecule has 0 amide bonds. The van der Waals surface area contributed by atoms with Crippen LogP contribution in [0.15, 0.2) is 30.9 Å². The number of phenols is 1. The van der Waals surface area contributed by atoms with E-state index in [9.17, 15) is 5.11 Å². The van der Waals surface area contributed by atoms with Crippen molar-refractivity contribution in [3.05, 3.63) is 42.0 Å². The number of para-hydroxylation sites is 1. The van der Waals surface area contributed by atoms with Gasteiger partial charge >= 0.3 is 0 Å². The van der Waals surface area contributed by atoms with Crippen LogP contribution in [0, 0.1) is 6.92 Å². The maximum Gasteiger partial charge on any atom is 0.123 e. The molecule has 64 valence electrons. The Kier molecular flexibility index (Phi) is 2.51. The molecule has 0 aromatic heterocycles. The minimum atomic E-state index is -0.287. The zero-order chi connectivity index (χ0) is 9.14. The fourth-order valence-corrected chi connectivity index (χ4v) is 1.08. The number of aryl methyl sites for hydroxylation is 1. The molecule has 0 saturated carbocycles. The van der Waals surface area contributed by atoms with E-state index in [0.717, 1.165) is 11.1 Å². The van der Waals surface area contributed by atoms with Crippen molar-refractivity contribution in [2.75, 3.05) is 0 Å². The average molecular weight is 163 g/mol. The fraction of sp³-hybridized carbons (Fsp3) is 0.200. The van der Waals surface area contributed by atoms with Gasteiger partial charge in [0.05, 0.1) is 6.04 Å². The van der Waals surface area contributed by atoms with Crippen molar-refractivity contribution in [2.45, 2.75) is 13.0 Å². The van der Waals surface area contributed by atoms with Crippen LogP contribution in [0.25, 0.3) is 0 Å². The summed E-state index contributed by atoms with van der Waals surface area (Å²) in [6.07, 6.45) is 1.61. The molecule has 1 aromatic carbocycles. The van der Waals surface area contributed by atoms with Gasteiger partial charge in [-0.25, -0.2) is 0 Å². The summed E-state index contributed by atoms with van der Waals surface area (Å²) in [6, 6.07) is 5.22. The molecule has 12 heavy (non-hydrogen) atoms. The van der Waals surface area contributed by atoms with Crippen molar-refractivity contribution in [3.8, 4) is 5.75 Å². The second-order valence-electron chi connectivity index (χ2n) is 2.77. The van der Waals surface area contributed by atoms with E-state index in [-0.39, 0.29) is 11.8 Å². The standard InChI is InChI=1S/C10H13NO/c1-3-9(11)8-6-4-5-7(2)10(8)12/h3-6,9,12H,1,11H2,2H3/t9-/m0/s1. The number of hydrogen-bond acceptors (Lipinski definition) is 2. The van der Waals surface area contributed by atoms with Crippen LogP contribution in [-0.4, -0.2) is 5.11 Å². The normalized spacial score (nSPS) is 12.5. The maximum absolute atomic E-state index is 9.57. The summed E-state index contributed by atoms with van der Waals surface area (Å²) in [5.41, 5.74) is 7.25. The van der Waals surface area contributed by atoms with E-state index >= 15 is 0 Å². The molecule has 3 N–H and O–H groups in total. The fourth-order valence-electron chi connectivity index (χ4n) is 1.08. The molecule has 2 nitrogen and oxygen atoms in total. The molecule has 0 heterocycles. The Balaban J connectivity index is 3.15. The highest BCUT2D eigenvalue weighted by atomic mass is 16.3. The SMILES string of the molecule is C=C[C@H](N)c1cccc(C)c1O. The van der Waals surface area contributed by atoms with Gasteiger partial charge in [-0.05, 0) is 12.5 Å². The minimum Gasteiger partial charge on any atom is -0.507 e. The largest absolute Gasteiger partial charge is 0.507 e. The van der Waals surface area contributed by atoms with Crippen LogP contribution in [-0.2, 0) is 0 Å². The zero-order valence-electron chi connectivity index (χ0n) is 7.12. The second-order valence-corrected chi connectivity index (χ2v) is 2.77. The van der Waals surface area contributed by atoms with Crippen molar-refractivity contribution >= 4 is 0 Å². The second kappa shape index (κ2) is 3.41. The van der Waals surface area contributed by atoms with Crippen LogP contribution < -0.4 is 5.73 Å². The number of nitrogens with two attached hydrogens (primary N) is 1. The van der Waals surface area contributed by atoms with Crippen molar-refractivity contribution in [1.29, 1.82) is 0 Å². The smallest absolute Gasteiger partial charge is 0.123 e. The van der Waals surface area contributed by atoms with Gasteiger partial charge in [-0.3, -0.25) is 0 Å². The molecule has 0 fully saturated rings. The van der Waals surface area contributed by atoms with E-state index in [1.165, 1.54) is 0 Å². The van der Waals surface area contributed by atoms with Crippen LogP contribution in [0.5, 0.6) is 5.75 Å². The van der Waals surface area contributed by atoms with E-state index in [1.807, 2.05) is 19.1 Å². The lowest BCUT2D eigenvalue weighted by molar-refractivity contribution is 0.461. The van der Waals surface area contributed by atoms with Crippen LogP contribution in [0.2, 0.25) is 0 Å². The Morgan fingerprint density at radius 2 is 2.25 bits per heavy atom. The molecule has 0 saturated heterocycles. The van der Waals surface area contributed by atoms with Crippen molar-refractivity contribution in [3.63, 3.8) is 0 Å². The van der Waals surface area contributed by atoms with Gasteiger partial charge in [0.2, 0.25) is 0 Å². The summed E-state index contributed by atoms with van der Waals surface area (Å²) in [5, 5.41) is 9.57. The molecule has 1 aromatic rings. The Bertz CT molecular complexity index is 294. The molecule has 0 aliphatic heterocycles. The summed E-state index contributed by atoms with van der Waals surface area (Å²) in [7, 11) is 0. The van der Waals surface area contributed by atoms with E-state index < -0.39 is 0 Å². The predicted octanol–water partition coefficient (Wildman–Crippen LogP) is 1.89. The van der Waals surface area contributed by atoms with Gasteiger partial charge in [-0.2, -0.15) is 0 Å². The Morgan fingerprint density at radius 3 is 2.83 bits per heavy atom. The van der Waals surface area contributed by atoms with Crippen LogP contribution in [0.4, 0.5) is 0 Å². The predicted molar refractivity (Wildman–Crippen MR) is 50.0 cm³/mol. The van der Waals surface area contributed by atoms with Crippen LogP contribution >= 0.6 is 0 Å². The van der Waals surface area contributed by atoms with Gasteiger partial charge in [0.25, 0.3) is 0 Å². The van der Waals surface area contributed by atoms with Crippen LogP contribution in [0.3, 0.4) is 0 Å². The van der Waals surface area contributed by atoms with Gasteiger partial charge in [-0.15, -0.1) is 6.58 Å². The number of rotatable bonds is 2. The first-order chi connectivity index (χ1) is 5.66. The van der Waals surface area contributed by atoms with Gasteiger partial charge < -0.3 is 10.8 Å². The van der Waals surface area contributed by atoms with Crippen molar-refractivity contribution in [2.24, 2.45) is 5.73 Å². The molecule has 0 unspecified atom stereocenters. The lowest BCUT2D eigenvalue weighted by atomic mass is 10.0. The molecular weight excluding hydrogens is 150 g/mol. The maximum atomic E-state index is 9.57. The summed E-state index contributed by atoms with van der Waals surface area (Å²) in [6.45, 7) is 5.41. The molecule has 2 heteroatoms. The van der Waals surface area contributed by atoms with Crippen molar-refractivity contribution < 1.29 is 5.11 Å². The average Bonchev–Trinajstić information content (AvgIpc) is 2.08. The topological polar surface area (TPSA) is 46.2 Å². The Morgan fingerprint density at radius 1 is 1.58 bits per heavy atom. The third-order valence-electron chi connectivity index (χ3n) is 1.88. The zero-order valence-corrected chi connectivity index (χ0v) is 7.12. The van der Waals surface area contributed by atoms with Crippen LogP contribution in [0.1, 0.15) is 17.2 Å². The van der Waals surface area contributed by atoms with Crippen molar-refractivity contribution in [1.82, 2.24) is 0 Å². The number of benzene rings is 1. The quantitative estimate of drug-likeness (QED) is 0.654. The highest BCUT2D eigenvalue weighted by molar-refractivity contribution is 5.42. The van der Waals surface area contributed by atoms with Gasteiger partial charge in [0, 0.05) is 5.56 Å². The van der Waals surface area contributed by atoms with Gasteiger partial charge in [-0.1, -0.05) is 24.3 Å². The minimum absolute atomic E-state index is 0.268. The monoisotopic (exact) mass is 163 g/mol. The van der Waals surface area contributed by atoms with Gasteiger partial charge in [0.1, 0.15) is 5.75 Å². The number of phenolic OH excluding ortho intramolecular Hbond substituents is 1. The first-order valence-electron chi connectivity index (χ1n) is 3.83. The summed E-state index contributed by atoms with van der Waals surface area (Å²) in [4.78, 5) is 0. The number of aromatic hydroxyl groups is 1. The summed E-state index contributed by atoms with van der Waals surface area (Å²) in [5.74, 6) is 0.268. The van der Waals surface area contributed by atoms with Gasteiger partial charge in [0.15, 0.2) is 0 Å². The van der Waals surface area contributed by atoms with E-state index in [2.05, 4.69) is 6.58 Å². The summed E-state index contributed by atoms with van der Waals surface area (Å²) >= 11 is 0. The molecule has 1 rings (SSSR count). The third kappa shape index (κ3) is 1.48. The third-order valence-corrected chi connectivity index (χ3v) is 1.88. The molecule has 0 spiro atoms. The Hall–Kier alpha value is -1.28. The molecule has 0 aliphatic rings. The first-order valence-corrected chi connectivity index (χ1v) is 3.83. The molecule has 0 aliphatic carbocycles. The highest BCUT2D eigenvalue weighted by Gasteiger charge is 2.07. The lowest BCUT2D eigenvalue weighted by Gasteiger charge is -2.10. The lowest BCUT2D eigenvalue weighted by Crippen LogP contribution is -2.06. The molecule has 0 radical (unpaired) electrons. The Labute approximate surface area is 72.3 Å². The number of hydrogen-bond donors (Lipinski definition) is 2. The first kappa shape index (κ1) is 8.81. The molecule has 0 bridgehead atoms. The highest BCUT2D eigenvalue weighted by Crippen LogP contribution is 2.26.